The molecule has 0 atom stereocenters. The van der Waals surface area contributed by atoms with Crippen molar-refractivity contribution in [2.75, 3.05) is 5.73 Å². The van der Waals surface area contributed by atoms with Gasteiger partial charge in [0.15, 0.2) is 0 Å². The lowest BCUT2D eigenvalue weighted by atomic mass is 10.2. The first-order valence-corrected chi connectivity index (χ1v) is 2.86. The molecule has 3 heteroatoms. The summed E-state index contributed by atoms with van der Waals surface area (Å²) in [6.07, 6.45) is 1.49. The molecule has 0 unspecified atom stereocenters. The van der Waals surface area contributed by atoms with Crippen LogP contribution in [0.3, 0.4) is 0 Å². The summed E-state index contributed by atoms with van der Waals surface area (Å²) in [7, 11) is 0. The van der Waals surface area contributed by atoms with Crippen molar-refractivity contribution in [3.8, 4) is 6.07 Å². The molecule has 0 aliphatic carbocycles. The van der Waals surface area contributed by atoms with E-state index in [9.17, 15) is 0 Å². The third-order valence-electron chi connectivity index (χ3n) is 1.27. The van der Waals surface area contributed by atoms with Crippen molar-refractivity contribution in [1.82, 2.24) is 4.98 Å². The fourth-order valence-corrected chi connectivity index (χ4v) is 0.628. The predicted octanol–water partition coefficient (Wildman–Crippen LogP) is 0.844. The second-order valence-corrected chi connectivity index (χ2v) is 2.04. The van der Waals surface area contributed by atoms with Gasteiger partial charge >= 0.3 is 0 Å². The first-order chi connectivity index (χ1) is 4.74. The standard InChI is InChI=1S/C7H7N3/c1-5-2-6(3-8)10-4-7(5)9/h2,4H,9H2,1H3. The number of hydrogen-bond acceptors (Lipinski definition) is 3. The van der Waals surface area contributed by atoms with Crippen molar-refractivity contribution in [3.63, 3.8) is 0 Å². The lowest BCUT2D eigenvalue weighted by Gasteiger charge is -1.96. The summed E-state index contributed by atoms with van der Waals surface area (Å²) in [5.74, 6) is 0. The molecule has 0 fully saturated rings. The molecule has 0 saturated carbocycles. The molecule has 0 aliphatic heterocycles. The van der Waals surface area contributed by atoms with Gasteiger partial charge in [-0.1, -0.05) is 0 Å². The summed E-state index contributed by atoms with van der Waals surface area (Å²) < 4.78 is 0. The number of nitrogen functional groups attached to an aromatic ring is 1. The second-order valence-electron chi connectivity index (χ2n) is 2.04. The minimum absolute atomic E-state index is 0.409. The summed E-state index contributed by atoms with van der Waals surface area (Å²) in [5.41, 5.74) is 7.40. The molecule has 3 nitrogen and oxygen atoms in total. The Bertz CT molecular complexity index is 285. The first-order valence-electron chi connectivity index (χ1n) is 2.86. The second kappa shape index (κ2) is 2.36. The molecule has 1 rings (SSSR count). The molecule has 0 spiro atoms. The third-order valence-corrected chi connectivity index (χ3v) is 1.27. The van der Waals surface area contributed by atoms with E-state index in [1.165, 1.54) is 6.20 Å². The van der Waals surface area contributed by atoms with E-state index in [1.54, 1.807) is 6.07 Å². The highest BCUT2D eigenvalue weighted by Crippen LogP contribution is 2.07. The zero-order chi connectivity index (χ0) is 7.56. The summed E-state index contributed by atoms with van der Waals surface area (Å²) in [4.78, 5) is 3.77. The van der Waals surface area contributed by atoms with Crippen LogP contribution in [0.5, 0.6) is 0 Å². The molecule has 0 radical (unpaired) electrons. The molecule has 2 N–H and O–H groups in total. The summed E-state index contributed by atoms with van der Waals surface area (Å²) in [5, 5.41) is 8.40. The van der Waals surface area contributed by atoms with Crippen molar-refractivity contribution in [3.05, 3.63) is 23.5 Å². The van der Waals surface area contributed by atoms with Crippen LogP contribution in [0.25, 0.3) is 0 Å². The Morgan fingerprint density at radius 2 is 2.40 bits per heavy atom. The molecule has 0 amide bonds. The zero-order valence-electron chi connectivity index (χ0n) is 5.63. The number of pyridine rings is 1. The van der Waals surface area contributed by atoms with Crippen LogP contribution >= 0.6 is 0 Å². The monoisotopic (exact) mass is 133 g/mol. The van der Waals surface area contributed by atoms with Gasteiger partial charge in [-0.15, -0.1) is 0 Å². The first kappa shape index (κ1) is 6.56. The lowest BCUT2D eigenvalue weighted by molar-refractivity contribution is 1.24. The molecule has 0 bridgehead atoms. The Morgan fingerprint density at radius 3 is 2.90 bits per heavy atom. The highest BCUT2D eigenvalue weighted by molar-refractivity contribution is 5.45. The number of rotatable bonds is 0. The molecular formula is C7H7N3. The summed E-state index contributed by atoms with van der Waals surface area (Å²) >= 11 is 0. The Morgan fingerprint density at radius 1 is 1.70 bits per heavy atom. The summed E-state index contributed by atoms with van der Waals surface area (Å²) in [6, 6.07) is 3.59. The average Bonchev–Trinajstić information content (AvgIpc) is 1.95. The SMILES string of the molecule is Cc1cc(C#N)ncc1N. The van der Waals surface area contributed by atoms with Crippen LogP contribution < -0.4 is 5.73 Å². The normalized spacial score (nSPS) is 8.80. The van der Waals surface area contributed by atoms with E-state index in [0.29, 0.717) is 11.4 Å². The molecule has 0 saturated heterocycles. The van der Waals surface area contributed by atoms with Crippen LogP contribution in [0.2, 0.25) is 0 Å². The van der Waals surface area contributed by atoms with Gasteiger partial charge in [0.05, 0.1) is 11.9 Å². The van der Waals surface area contributed by atoms with Crippen LogP contribution in [-0.2, 0) is 0 Å². The quantitative estimate of drug-likeness (QED) is 0.570. The topological polar surface area (TPSA) is 62.7 Å². The van der Waals surface area contributed by atoms with E-state index < -0.39 is 0 Å². The van der Waals surface area contributed by atoms with E-state index >= 15 is 0 Å². The number of hydrogen-bond donors (Lipinski definition) is 1. The third kappa shape index (κ3) is 1.06. The van der Waals surface area contributed by atoms with E-state index in [1.807, 2.05) is 13.0 Å². The maximum absolute atomic E-state index is 8.40. The number of aryl methyl sites for hydroxylation is 1. The highest BCUT2D eigenvalue weighted by Gasteiger charge is 1.94. The van der Waals surface area contributed by atoms with Crippen LogP contribution in [0.1, 0.15) is 11.3 Å². The lowest BCUT2D eigenvalue weighted by Crippen LogP contribution is -1.92. The Kier molecular flexibility index (Phi) is 1.55. The predicted molar refractivity (Wildman–Crippen MR) is 38.1 cm³/mol. The van der Waals surface area contributed by atoms with Crippen LogP contribution in [0.15, 0.2) is 12.3 Å². The van der Waals surface area contributed by atoms with Crippen molar-refractivity contribution >= 4 is 5.69 Å². The van der Waals surface area contributed by atoms with Gasteiger partial charge in [0.2, 0.25) is 0 Å². The number of nitrogens with zero attached hydrogens (tertiary/aromatic N) is 2. The van der Waals surface area contributed by atoms with Gasteiger partial charge < -0.3 is 5.73 Å². The van der Waals surface area contributed by atoms with E-state index in [-0.39, 0.29) is 0 Å². The van der Waals surface area contributed by atoms with Gasteiger partial charge in [-0.25, -0.2) is 4.98 Å². The van der Waals surface area contributed by atoms with Crippen molar-refractivity contribution in [2.24, 2.45) is 0 Å². The van der Waals surface area contributed by atoms with Crippen LogP contribution in [0, 0.1) is 18.3 Å². The fraction of sp³-hybridized carbons (Fsp3) is 0.143. The van der Waals surface area contributed by atoms with Crippen molar-refractivity contribution in [2.45, 2.75) is 6.92 Å². The zero-order valence-corrected chi connectivity index (χ0v) is 5.63. The van der Waals surface area contributed by atoms with Crippen LogP contribution in [-0.4, -0.2) is 4.98 Å². The molecule has 10 heavy (non-hydrogen) atoms. The van der Waals surface area contributed by atoms with Gasteiger partial charge in [-0.2, -0.15) is 5.26 Å². The molecule has 0 aliphatic rings. The number of nitriles is 1. The van der Waals surface area contributed by atoms with Gasteiger partial charge in [0, 0.05) is 0 Å². The minimum atomic E-state index is 0.409. The average molecular weight is 133 g/mol. The number of aromatic nitrogens is 1. The van der Waals surface area contributed by atoms with Gasteiger partial charge in [0.1, 0.15) is 11.8 Å². The molecular weight excluding hydrogens is 126 g/mol. The molecule has 0 aromatic carbocycles. The summed E-state index contributed by atoms with van der Waals surface area (Å²) in [6.45, 7) is 1.85. The minimum Gasteiger partial charge on any atom is -0.397 e. The fourth-order valence-electron chi connectivity index (χ4n) is 0.628. The smallest absolute Gasteiger partial charge is 0.140 e. The molecule has 1 aromatic heterocycles. The van der Waals surface area contributed by atoms with Gasteiger partial charge in [0.25, 0.3) is 0 Å². The maximum Gasteiger partial charge on any atom is 0.140 e. The maximum atomic E-state index is 8.40. The highest BCUT2D eigenvalue weighted by atomic mass is 14.7. The van der Waals surface area contributed by atoms with Crippen LogP contribution in [0.4, 0.5) is 5.69 Å². The van der Waals surface area contributed by atoms with E-state index in [0.717, 1.165) is 5.56 Å². The largest absolute Gasteiger partial charge is 0.397 e. The molecule has 1 aromatic rings. The molecule has 1 heterocycles. The number of nitrogens with two attached hydrogens (primary N) is 1. The Hall–Kier alpha value is -1.56. The van der Waals surface area contributed by atoms with E-state index in [2.05, 4.69) is 4.98 Å². The van der Waals surface area contributed by atoms with Crippen molar-refractivity contribution < 1.29 is 0 Å². The number of anilines is 1. The van der Waals surface area contributed by atoms with Gasteiger partial charge in [-0.3, -0.25) is 0 Å². The molecule has 50 valence electrons. The Labute approximate surface area is 59.1 Å². The van der Waals surface area contributed by atoms with E-state index in [4.69, 9.17) is 11.0 Å². The van der Waals surface area contributed by atoms with Crippen molar-refractivity contribution in [1.29, 1.82) is 5.26 Å². The van der Waals surface area contributed by atoms with Gasteiger partial charge in [-0.05, 0) is 18.6 Å². The Balaban J connectivity index is 3.20.